The average Bonchev–Trinajstić information content (AvgIpc) is 3.03. The highest BCUT2D eigenvalue weighted by molar-refractivity contribution is 6.09. The lowest BCUT2D eigenvalue weighted by Crippen LogP contribution is -2.48. The van der Waals surface area contributed by atoms with Gasteiger partial charge in [-0.05, 0) is 36.8 Å². The molecule has 32 heavy (non-hydrogen) atoms. The number of carbonyl (C=O) groups excluding carboxylic acids is 2. The number of carbonyl (C=O) groups is 2. The van der Waals surface area contributed by atoms with Crippen molar-refractivity contribution in [3.05, 3.63) is 65.0 Å². The summed E-state index contributed by atoms with van der Waals surface area (Å²) in [6.07, 6.45) is -4.49. The summed E-state index contributed by atoms with van der Waals surface area (Å²) in [5, 5.41) is 11.1. The predicted molar refractivity (Wildman–Crippen MR) is 114 cm³/mol. The van der Waals surface area contributed by atoms with E-state index in [1.54, 1.807) is 38.2 Å². The zero-order valence-corrected chi connectivity index (χ0v) is 17.5. The molecule has 3 rings (SSSR count). The number of hydrogen-bond donors (Lipinski definition) is 2. The van der Waals surface area contributed by atoms with E-state index in [9.17, 15) is 22.8 Å². The number of benzene rings is 2. The number of amides is 2. The minimum Gasteiger partial charge on any atom is -0.326 e. The van der Waals surface area contributed by atoms with Crippen molar-refractivity contribution in [1.29, 1.82) is 0 Å². The first kappa shape index (κ1) is 22.8. The van der Waals surface area contributed by atoms with Gasteiger partial charge in [-0.15, -0.1) is 0 Å². The number of alkyl halides is 3. The second-order valence-corrected chi connectivity index (χ2v) is 7.58. The Kier molecular flexibility index (Phi) is 5.94. The van der Waals surface area contributed by atoms with Crippen molar-refractivity contribution in [2.45, 2.75) is 32.0 Å². The molecule has 10 heteroatoms. The highest BCUT2D eigenvalue weighted by Crippen LogP contribution is 2.38. The van der Waals surface area contributed by atoms with Crippen LogP contribution in [0.2, 0.25) is 0 Å². The molecule has 0 aliphatic carbocycles. The Labute approximate surface area is 182 Å². The number of halogens is 3. The van der Waals surface area contributed by atoms with Gasteiger partial charge in [-0.2, -0.15) is 18.3 Å². The molecule has 2 amide bonds. The summed E-state index contributed by atoms with van der Waals surface area (Å²) in [4.78, 5) is 27.0. The number of hydrazone groups is 1. The average molecular weight is 443 g/mol. The maximum atomic E-state index is 13.2. The molecule has 1 unspecified atom stereocenters. The van der Waals surface area contributed by atoms with Gasteiger partial charge in [0.25, 0.3) is 5.91 Å². The van der Waals surface area contributed by atoms with Crippen LogP contribution in [0.5, 0.6) is 0 Å². The summed E-state index contributed by atoms with van der Waals surface area (Å²) in [6.45, 7) is 9.96. The second kappa shape index (κ2) is 8.34. The van der Waals surface area contributed by atoms with E-state index in [1.165, 1.54) is 18.0 Å². The number of nitrogens with zero attached hydrogens (tertiary/aromatic N) is 3. The standard InChI is InChI=1S/C22H20F3N5O2/c1-13(31)27-15-7-5-14(6-8-15)19-12-21(2,30(4)29-19)20(32)28-16-9-10-18(26-3)17(11-16)22(23,24)25/h5-11H,12H2,1-2,4H3,(H,27,31)(H,28,32). The van der Waals surface area contributed by atoms with E-state index in [0.29, 0.717) is 11.4 Å². The molecule has 2 aromatic rings. The van der Waals surface area contributed by atoms with Gasteiger partial charge in [0.1, 0.15) is 5.54 Å². The van der Waals surface area contributed by atoms with E-state index < -0.39 is 28.9 Å². The number of rotatable bonds is 4. The van der Waals surface area contributed by atoms with Gasteiger partial charge in [0.15, 0.2) is 5.69 Å². The zero-order chi connectivity index (χ0) is 23.7. The lowest BCUT2D eigenvalue weighted by atomic mass is 9.92. The molecule has 7 nitrogen and oxygen atoms in total. The maximum Gasteiger partial charge on any atom is 0.407 e. The van der Waals surface area contributed by atoms with Gasteiger partial charge in [-0.3, -0.25) is 14.6 Å². The first-order valence-corrected chi connectivity index (χ1v) is 9.53. The van der Waals surface area contributed by atoms with E-state index in [1.807, 2.05) is 0 Å². The van der Waals surface area contributed by atoms with Crippen LogP contribution >= 0.6 is 0 Å². The monoisotopic (exact) mass is 443 g/mol. The van der Waals surface area contributed by atoms with Crippen LogP contribution in [0.4, 0.5) is 30.2 Å². The Balaban J connectivity index is 1.78. The van der Waals surface area contributed by atoms with E-state index >= 15 is 0 Å². The molecule has 0 saturated heterocycles. The third-order valence-electron chi connectivity index (χ3n) is 5.20. The molecule has 1 atom stereocenters. The van der Waals surface area contributed by atoms with Crippen LogP contribution < -0.4 is 10.6 Å². The first-order valence-electron chi connectivity index (χ1n) is 9.53. The van der Waals surface area contributed by atoms with Gasteiger partial charge < -0.3 is 10.6 Å². The lowest BCUT2D eigenvalue weighted by Gasteiger charge is -2.30. The minimum atomic E-state index is -4.71. The van der Waals surface area contributed by atoms with Gasteiger partial charge >= 0.3 is 6.18 Å². The third-order valence-corrected chi connectivity index (χ3v) is 5.20. The number of hydrogen-bond acceptors (Lipinski definition) is 4. The van der Waals surface area contributed by atoms with Gasteiger partial charge in [-0.1, -0.05) is 18.2 Å². The van der Waals surface area contributed by atoms with E-state index in [2.05, 4.69) is 20.6 Å². The Hall–Kier alpha value is -3.87. The molecule has 0 bridgehead atoms. The summed E-state index contributed by atoms with van der Waals surface area (Å²) in [5.41, 5.74) is -0.835. The highest BCUT2D eigenvalue weighted by Gasteiger charge is 2.43. The van der Waals surface area contributed by atoms with Crippen molar-refractivity contribution in [1.82, 2.24) is 5.01 Å². The summed E-state index contributed by atoms with van der Waals surface area (Å²) in [7, 11) is 1.61. The summed E-state index contributed by atoms with van der Waals surface area (Å²) in [6, 6.07) is 10.0. The molecular formula is C22H20F3N5O2. The Bertz CT molecular complexity index is 1140. The van der Waals surface area contributed by atoms with Gasteiger partial charge in [0.2, 0.25) is 5.91 Å². The van der Waals surface area contributed by atoms with Crippen molar-refractivity contribution in [2.24, 2.45) is 5.10 Å². The van der Waals surface area contributed by atoms with Gasteiger partial charge in [0.05, 0.1) is 17.8 Å². The molecule has 2 aromatic carbocycles. The Morgan fingerprint density at radius 3 is 2.31 bits per heavy atom. The molecule has 0 aromatic heterocycles. The number of nitrogens with one attached hydrogen (secondary N) is 2. The predicted octanol–water partition coefficient (Wildman–Crippen LogP) is 4.65. The third kappa shape index (κ3) is 4.56. The highest BCUT2D eigenvalue weighted by atomic mass is 19.4. The van der Waals surface area contributed by atoms with Gasteiger partial charge in [0, 0.05) is 31.8 Å². The smallest absolute Gasteiger partial charge is 0.326 e. The molecule has 0 radical (unpaired) electrons. The fraction of sp³-hybridized carbons (Fsp3) is 0.273. The fourth-order valence-corrected chi connectivity index (χ4v) is 3.31. The SMILES string of the molecule is [C-]#[N+]c1ccc(NC(=O)C2(C)CC(c3ccc(NC(C)=O)cc3)=NN2C)cc1C(F)(F)F. The molecule has 1 aliphatic heterocycles. The zero-order valence-electron chi connectivity index (χ0n) is 17.5. The number of likely N-dealkylation sites (N-methyl/N-ethyl adjacent to an activating group) is 1. The number of anilines is 2. The van der Waals surface area contributed by atoms with Gasteiger partial charge in [-0.25, -0.2) is 4.85 Å². The Morgan fingerprint density at radius 2 is 1.75 bits per heavy atom. The van der Waals surface area contributed by atoms with Crippen molar-refractivity contribution in [2.75, 3.05) is 17.7 Å². The first-order chi connectivity index (χ1) is 14.9. The molecule has 0 saturated carbocycles. The quantitative estimate of drug-likeness (QED) is 0.676. The Morgan fingerprint density at radius 1 is 1.12 bits per heavy atom. The van der Waals surface area contributed by atoms with Crippen LogP contribution in [0.3, 0.4) is 0 Å². The normalized spacial score (nSPS) is 18.0. The molecule has 2 N–H and O–H groups in total. The summed E-state index contributed by atoms with van der Waals surface area (Å²) in [5.74, 6) is -0.727. The van der Waals surface area contributed by atoms with Crippen LogP contribution in [-0.2, 0) is 15.8 Å². The maximum absolute atomic E-state index is 13.2. The van der Waals surface area contributed by atoms with Crippen LogP contribution in [-0.4, -0.2) is 35.1 Å². The molecule has 0 fully saturated rings. The molecule has 1 aliphatic rings. The summed E-state index contributed by atoms with van der Waals surface area (Å²) >= 11 is 0. The van der Waals surface area contributed by atoms with Crippen LogP contribution in [0.25, 0.3) is 4.85 Å². The summed E-state index contributed by atoms with van der Waals surface area (Å²) < 4.78 is 39.7. The van der Waals surface area contributed by atoms with Crippen LogP contribution in [0.1, 0.15) is 31.4 Å². The molecule has 0 spiro atoms. The van der Waals surface area contributed by atoms with Crippen LogP contribution in [0, 0.1) is 6.57 Å². The van der Waals surface area contributed by atoms with E-state index in [-0.39, 0.29) is 18.0 Å². The second-order valence-electron chi connectivity index (χ2n) is 7.58. The van der Waals surface area contributed by atoms with E-state index in [4.69, 9.17) is 6.57 Å². The van der Waals surface area contributed by atoms with Crippen molar-refractivity contribution in [3.63, 3.8) is 0 Å². The molecular weight excluding hydrogens is 423 g/mol. The van der Waals surface area contributed by atoms with Crippen molar-refractivity contribution in [3.8, 4) is 0 Å². The minimum absolute atomic E-state index is 0.0579. The topological polar surface area (TPSA) is 78.2 Å². The van der Waals surface area contributed by atoms with E-state index in [0.717, 1.165) is 17.7 Å². The fourth-order valence-electron chi connectivity index (χ4n) is 3.31. The lowest BCUT2D eigenvalue weighted by molar-refractivity contribution is -0.137. The van der Waals surface area contributed by atoms with Crippen molar-refractivity contribution < 1.29 is 22.8 Å². The molecule has 1 heterocycles. The van der Waals surface area contributed by atoms with Crippen molar-refractivity contribution >= 4 is 34.6 Å². The largest absolute Gasteiger partial charge is 0.407 e. The molecule has 166 valence electrons. The van der Waals surface area contributed by atoms with Crippen LogP contribution in [0.15, 0.2) is 47.6 Å².